The van der Waals surface area contributed by atoms with Crippen LogP contribution >= 0.6 is 0 Å². The maximum absolute atomic E-state index is 6.78. The van der Waals surface area contributed by atoms with Crippen molar-refractivity contribution in [3.63, 3.8) is 0 Å². The van der Waals surface area contributed by atoms with Crippen molar-refractivity contribution in [2.45, 2.75) is 64.5 Å². The molecule has 0 spiro atoms. The average molecular weight is 261 g/mol. The van der Waals surface area contributed by atoms with Crippen LogP contribution in [-0.2, 0) is 5.54 Å². The highest BCUT2D eigenvalue weighted by molar-refractivity contribution is 5.34. The van der Waals surface area contributed by atoms with Crippen molar-refractivity contribution in [2.24, 2.45) is 11.7 Å². The van der Waals surface area contributed by atoms with Gasteiger partial charge < -0.3 is 10.5 Å². The van der Waals surface area contributed by atoms with Gasteiger partial charge in [-0.25, -0.2) is 0 Å². The van der Waals surface area contributed by atoms with Crippen LogP contribution in [0, 0.1) is 5.92 Å². The number of hydrogen-bond acceptors (Lipinski definition) is 2. The molecule has 0 radical (unpaired) electrons. The summed E-state index contributed by atoms with van der Waals surface area (Å²) in [5.74, 6) is 1.54. The molecular weight excluding hydrogens is 234 g/mol. The van der Waals surface area contributed by atoms with E-state index >= 15 is 0 Å². The van der Waals surface area contributed by atoms with Gasteiger partial charge >= 0.3 is 0 Å². The van der Waals surface area contributed by atoms with Crippen LogP contribution in [0.5, 0.6) is 5.75 Å². The molecule has 2 unspecified atom stereocenters. The summed E-state index contributed by atoms with van der Waals surface area (Å²) < 4.78 is 5.80. The van der Waals surface area contributed by atoms with Gasteiger partial charge in [0.05, 0.1) is 6.10 Å². The van der Waals surface area contributed by atoms with E-state index in [9.17, 15) is 0 Å². The third-order valence-electron chi connectivity index (χ3n) is 4.36. The van der Waals surface area contributed by atoms with E-state index in [4.69, 9.17) is 10.5 Å². The van der Waals surface area contributed by atoms with E-state index in [2.05, 4.69) is 39.0 Å². The maximum atomic E-state index is 6.78. The molecule has 2 rings (SSSR count). The second-order valence-corrected chi connectivity index (χ2v) is 6.09. The van der Waals surface area contributed by atoms with Gasteiger partial charge in [0.25, 0.3) is 0 Å². The van der Waals surface area contributed by atoms with Crippen LogP contribution in [0.1, 0.15) is 58.4 Å². The highest BCUT2D eigenvalue weighted by Crippen LogP contribution is 2.42. The largest absolute Gasteiger partial charge is 0.491 e. The summed E-state index contributed by atoms with van der Waals surface area (Å²) in [6, 6.07) is 8.41. The zero-order chi connectivity index (χ0) is 13.9. The quantitative estimate of drug-likeness (QED) is 0.880. The average Bonchev–Trinajstić information content (AvgIpc) is 2.39. The first-order valence-electron chi connectivity index (χ1n) is 7.62. The lowest BCUT2D eigenvalue weighted by Gasteiger charge is -2.41. The number of nitrogens with two attached hydrogens (primary N) is 1. The van der Waals surface area contributed by atoms with E-state index < -0.39 is 0 Å². The summed E-state index contributed by atoms with van der Waals surface area (Å²) in [5.41, 5.74) is 7.86. The predicted molar refractivity (Wildman–Crippen MR) is 80.3 cm³/mol. The van der Waals surface area contributed by atoms with Gasteiger partial charge in [0.1, 0.15) is 5.75 Å². The van der Waals surface area contributed by atoms with Crippen molar-refractivity contribution >= 4 is 0 Å². The normalized spacial score (nSPS) is 27.5. The van der Waals surface area contributed by atoms with E-state index in [-0.39, 0.29) is 11.6 Å². The van der Waals surface area contributed by atoms with E-state index in [0.717, 1.165) is 18.6 Å². The van der Waals surface area contributed by atoms with Crippen molar-refractivity contribution in [1.82, 2.24) is 0 Å². The zero-order valence-electron chi connectivity index (χ0n) is 12.5. The Bertz CT molecular complexity index is 415. The smallest absolute Gasteiger partial charge is 0.120 e. The van der Waals surface area contributed by atoms with Crippen molar-refractivity contribution in [3.05, 3.63) is 29.8 Å². The molecule has 0 heterocycles. The second-order valence-electron chi connectivity index (χ2n) is 6.09. The number of ether oxygens (including phenoxy) is 1. The van der Waals surface area contributed by atoms with Gasteiger partial charge in [-0.2, -0.15) is 0 Å². The molecule has 1 aliphatic carbocycles. The summed E-state index contributed by atoms with van der Waals surface area (Å²) in [7, 11) is 0. The van der Waals surface area contributed by atoms with Crippen LogP contribution < -0.4 is 10.5 Å². The summed E-state index contributed by atoms with van der Waals surface area (Å²) in [5, 5.41) is 0. The van der Waals surface area contributed by atoms with Gasteiger partial charge in [0.15, 0.2) is 0 Å². The molecule has 0 bridgehead atoms. The van der Waals surface area contributed by atoms with Crippen LogP contribution in [-0.4, -0.2) is 6.10 Å². The third kappa shape index (κ3) is 3.11. The fraction of sp³-hybridized carbons (Fsp3) is 0.647. The fourth-order valence-corrected chi connectivity index (χ4v) is 3.35. The molecular formula is C17H27NO. The Balaban J connectivity index is 2.28. The summed E-state index contributed by atoms with van der Waals surface area (Å²) >= 11 is 0. The molecule has 0 aromatic heterocycles. The van der Waals surface area contributed by atoms with Crippen LogP contribution in [0.3, 0.4) is 0 Å². The number of hydrogen-bond donors (Lipinski definition) is 1. The number of benzene rings is 1. The lowest BCUT2D eigenvalue weighted by Crippen LogP contribution is -2.46. The summed E-state index contributed by atoms with van der Waals surface area (Å²) in [6.45, 7) is 6.37. The molecule has 0 aliphatic heterocycles. The van der Waals surface area contributed by atoms with E-state index in [1.807, 2.05) is 6.07 Å². The minimum absolute atomic E-state index is 0.163. The molecule has 1 aromatic rings. The molecule has 19 heavy (non-hydrogen) atoms. The zero-order valence-corrected chi connectivity index (χ0v) is 12.5. The Hall–Kier alpha value is -1.02. The van der Waals surface area contributed by atoms with E-state index in [0.29, 0.717) is 5.92 Å². The van der Waals surface area contributed by atoms with Crippen LogP contribution in [0.15, 0.2) is 24.3 Å². The molecule has 1 aromatic carbocycles. The van der Waals surface area contributed by atoms with Crippen molar-refractivity contribution < 1.29 is 4.74 Å². The SMILES string of the molecule is CCC1CCCCC1(N)c1cccc(OC(C)C)c1. The Morgan fingerprint density at radius 1 is 1.37 bits per heavy atom. The van der Waals surface area contributed by atoms with Crippen LogP contribution in [0.25, 0.3) is 0 Å². The topological polar surface area (TPSA) is 35.2 Å². The van der Waals surface area contributed by atoms with Gasteiger partial charge in [-0.15, -0.1) is 0 Å². The first-order valence-corrected chi connectivity index (χ1v) is 7.62. The molecule has 2 heteroatoms. The fourth-order valence-electron chi connectivity index (χ4n) is 3.35. The molecule has 106 valence electrons. The summed E-state index contributed by atoms with van der Waals surface area (Å²) in [6.07, 6.45) is 6.27. The van der Waals surface area contributed by atoms with Crippen molar-refractivity contribution in [3.8, 4) is 5.75 Å². The van der Waals surface area contributed by atoms with Crippen molar-refractivity contribution in [2.75, 3.05) is 0 Å². The standard InChI is InChI=1S/C17H27NO/c1-4-14-8-5-6-11-17(14,18)15-9-7-10-16(12-15)19-13(2)3/h7,9-10,12-14H,4-6,8,11,18H2,1-3H3. The van der Waals surface area contributed by atoms with Gasteiger partial charge in [-0.3, -0.25) is 0 Å². The highest BCUT2D eigenvalue weighted by atomic mass is 16.5. The Kier molecular flexibility index (Phi) is 4.51. The molecule has 2 nitrogen and oxygen atoms in total. The van der Waals surface area contributed by atoms with Gasteiger partial charge in [-0.05, 0) is 50.3 Å². The highest BCUT2D eigenvalue weighted by Gasteiger charge is 2.37. The molecule has 1 saturated carbocycles. The molecule has 1 fully saturated rings. The minimum Gasteiger partial charge on any atom is -0.491 e. The van der Waals surface area contributed by atoms with Crippen molar-refractivity contribution in [1.29, 1.82) is 0 Å². The molecule has 2 atom stereocenters. The monoisotopic (exact) mass is 261 g/mol. The lowest BCUT2D eigenvalue weighted by molar-refractivity contribution is 0.182. The minimum atomic E-state index is -0.163. The number of rotatable bonds is 4. The van der Waals surface area contributed by atoms with Crippen LogP contribution in [0.4, 0.5) is 0 Å². The van der Waals surface area contributed by atoms with Gasteiger partial charge in [-0.1, -0.05) is 38.3 Å². The van der Waals surface area contributed by atoms with Gasteiger partial charge in [0.2, 0.25) is 0 Å². The van der Waals surface area contributed by atoms with Crippen LogP contribution in [0.2, 0.25) is 0 Å². The van der Waals surface area contributed by atoms with E-state index in [1.165, 1.54) is 24.8 Å². The summed E-state index contributed by atoms with van der Waals surface area (Å²) in [4.78, 5) is 0. The Morgan fingerprint density at radius 2 is 2.16 bits per heavy atom. The predicted octanol–water partition coefficient (Wildman–Crippen LogP) is 4.23. The first-order chi connectivity index (χ1) is 9.06. The molecule has 0 saturated heterocycles. The maximum Gasteiger partial charge on any atom is 0.120 e. The Morgan fingerprint density at radius 3 is 2.84 bits per heavy atom. The molecule has 0 amide bonds. The van der Waals surface area contributed by atoms with E-state index in [1.54, 1.807) is 0 Å². The molecule has 1 aliphatic rings. The first kappa shape index (κ1) is 14.4. The van der Waals surface area contributed by atoms with Gasteiger partial charge in [0, 0.05) is 5.54 Å². The lowest BCUT2D eigenvalue weighted by atomic mass is 9.68. The molecule has 2 N–H and O–H groups in total. The second kappa shape index (κ2) is 5.96. The Labute approximate surface area is 117 Å². The third-order valence-corrected chi connectivity index (χ3v) is 4.36.